The Bertz CT molecular complexity index is 602. The highest BCUT2D eigenvalue weighted by molar-refractivity contribution is 7.97. The van der Waals surface area contributed by atoms with E-state index < -0.39 is 0 Å². The summed E-state index contributed by atoms with van der Waals surface area (Å²) in [5.74, 6) is 0. The third-order valence-corrected chi connectivity index (χ3v) is 4.75. The van der Waals surface area contributed by atoms with Crippen LogP contribution in [0.1, 0.15) is 6.29 Å². The standard InChI is InChI=1S/C13H17N5S/c1-16-6-8-17(9-7-16)12-15-19-13-14-10-4-2-3-5-11(10)18(12)13/h2-5,12,15H,6-9H2,1H3. The second kappa shape index (κ2) is 4.49. The minimum absolute atomic E-state index is 0.237. The van der Waals surface area contributed by atoms with E-state index in [1.54, 1.807) is 11.9 Å². The van der Waals surface area contributed by atoms with Crippen molar-refractivity contribution in [3.63, 3.8) is 0 Å². The molecule has 0 saturated carbocycles. The molecule has 1 aromatic heterocycles. The first-order valence-electron chi connectivity index (χ1n) is 6.65. The second-order valence-corrected chi connectivity index (χ2v) is 5.99. The number of likely N-dealkylation sites (N-methyl/N-ethyl adjacent to an activating group) is 1. The van der Waals surface area contributed by atoms with Gasteiger partial charge in [-0.05, 0) is 31.1 Å². The zero-order valence-corrected chi connectivity index (χ0v) is 11.7. The largest absolute Gasteiger partial charge is 0.304 e. The Hall–Kier alpha value is -1.08. The number of piperazine rings is 1. The molecule has 1 saturated heterocycles. The highest BCUT2D eigenvalue weighted by Crippen LogP contribution is 2.34. The number of imidazole rings is 1. The maximum atomic E-state index is 4.68. The van der Waals surface area contributed by atoms with Gasteiger partial charge in [0.25, 0.3) is 0 Å². The fourth-order valence-electron chi connectivity index (χ4n) is 2.79. The van der Waals surface area contributed by atoms with Gasteiger partial charge in [-0.2, -0.15) is 0 Å². The van der Waals surface area contributed by atoms with E-state index >= 15 is 0 Å². The van der Waals surface area contributed by atoms with Gasteiger partial charge >= 0.3 is 0 Å². The van der Waals surface area contributed by atoms with E-state index in [0.29, 0.717) is 0 Å². The maximum absolute atomic E-state index is 4.68. The number of rotatable bonds is 1. The van der Waals surface area contributed by atoms with Crippen LogP contribution in [-0.4, -0.2) is 52.6 Å². The number of hydrogen-bond acceptors (Lipinski definition) is 5. The highest BCUT2D eigenvalue weighted by atomic mass is 32.2. The number of para-hydroxylation sites is 2. The Balaban J connectivity index is 1.71. The fourth-order valence-corrected chi connectivity index (χ4v) is 3.70. The lowest BCUT2D eigenvalue weighted by Gasteiger charge is -2.36. The Morgan fingerprint density at radius 3 is 2.84 bits per heavy atom. The molecule has 1 N–H and O–H groups in total. The quantitative estimate of drug-likeness (QED) is 0.795. The lowest BCUT2D eigenvalue weighted by atomic mass is 10.3. The number of nitrogens with one attached hydrogen (secondary N) is 1. The van der Waals surface area contributed by atoms with Crippen molar-refractivity contribution in [1.82, 2.24) is 24.1 Å². The van der Waals surface area contributed by atoms with E-state index in [1.807, 2.05) is 6.07 Å². The van der Waals surface area contributed by atoms with Crippen molar-refractivity contribution < 1.29 is 0 Å². The Morgan fingerprint density at radius 2 is 2.00 bits per heavy atom. The number of benzene rings is 1. The van der Waals surface area contributed by atoms with Crippen molar-refractivity contribution >= 4 is 23.0 Å². The average Bonchev–Trinajstić information content (AvgIpc) is 2.98. The van der Waals surface area contributed by atoms with E-state index in [1.165, 1.54) is 5.52 Å². The predicted molar refractivity (Wildman–Crippen MR) is 76.8 cm³/mol. The first kappa shape index (κ1) is 11.7. The zero-order chi connectivity index (χ0) is 12.8. The first-order valence-corrected chi connectivity index (χ1v) is 7.46. The third kappa shape index (κ3) is 1.87. The number of nitrogens with zero attached hydrogens (tertiary/aromatic N) is 4. The van der Waals surface area contributed by atoms with Crippen molar-refractivity contribution in [2.24, 2.45) is 0 Å². The fraction of sp³-hybridized carbons (Fsp3) is 0.462. The molecule has 0 radical (unpaired) electrons. The molecule has 1 aromatic carbocycles. The van der Waals surface area contributed by atoms with Gasteiger partial charge in [0.1, 0.15) is 0 Å². The van der Waals surface area contributed by atoms with Gasteiger partial charge in [-0.1, -0.05) is 12.1 Å². The van der Waals surface area contributed by atoms with Crippen LogP contribution in [0.2, 0.25) is 0 Å². The van der Waals surface area contributed by atoms with Gasteiger partial charge in [0.15, 0.2) is 11.4 Å². The Labute approximate surface area is 116 Å². The maximum Gasteiger partial charge on any atom is 0.186 e. The molecule has 0 aliphatic carbocycles. The summed E-state index contributed by atoms with van der Waals surface area (Å²) in [6.45, 7) is 4.46. The zero-order valence-electron chi connectivity index (χ0n) is 10.9. The lowest BCUT2D eigenvalue weighted by Crippen LogP contribution is -2.49. The molecular weight excluding hydrogens is 258 g/mol. The smallest absolute Gasteiger partial charge is 0.186 e. The molecule has 19 heavy (non-hydrogen) atoms. The van der Waals surface area contributed by atoms with E-state index in [9.17, 15) is 0 Å². The van der Waals surface area contributed by atoms with E-state index in [-0.39, 0.29) is 6.29 Å². The highest BCUT2D eigenvalue weighted by Gasteiger charge is 2.32. The van der Waals surface area contributed by atoms with Crippen LogP contribution < -0.4 is 4.72 Å². The van der Waals surface area contributed by atoms with Crippen LogP contribution in [0.4, 0.5) is 0 Å². The molecule has 1 atom stereocenters. The summed E-state index contributed by atoms with van der Waals surface area (Å²) in [6.07, 6.45) is 0.237. The minimum atomic E-state index is 0.237. The molecular formula is C13H17N5S. The third-order valence-electron chi connectivity index (χ3n) is 3.95. The molecule has 2 aliphatic rings. The molecule has 1 unspecified atom stereocenters. The normalized spacial score (nSPS) is 25.0. The summed E-state index contributed by atoms with van der Waals surface area (Å²) in [6, 6.07) is 8.38. The van der Waals surface area contributed by atoms with Crippen molar-refractivity contribution in [2.45, 2.75) is 11.4 Å². The summed E-state index contributed by atoms with van der Waals surface area (Å²) < 4.78 is 5.83. The van der Waals surface area contributed by atoms with Crippen molar-refractivity contribution in [2.75, 3.05) is 33.2 Å². The summed E-state index contributed by atoms with van der Waals surface area (Å²) in [7, 11) is 2.19. The van der Waals surface area contributed by atoms with Gasteiger partial charge in [0.2, 0.25) is 0 Å². The van der Waals surface area contributed by atoms with Gasteiger partial charge < -0.3 is 4.90 Å². The SMILES string of the molecule is CN1CCN(C2NSc3nc4ccccc4n32)CC1. The molecule has 1 fully saturated rings. The molecule has 4 rings (SSSR count). The number of fused-ring (bicyclic) bond motifs is 3. The predicted octanol–water partition coefficient (Wildman–Crippen LogP) is 1.35. The van der Waals surface area contributed by atoms with Crippen LogP contribution in [-0.2, 0) is 0 Å². The number of hydrogen-bond donors (Lipinski definition) is 1. The first-order chi connectivity index (χ1) is 9.33. The van der Waals surface area contributed by atoms with Crippen LogP contribution in [0.5, 0.6) is 0 Å². The molecule has 3 heterocycles. The van der Waals surface area contributed by atoms with Gasteiger partial charge in [-0.3, -0.25) is 9.47 Å². The molecule has 6 heteroatoms. The van der Waals surface area contributed by atoms with Crippen LogP contribution >= 0.6 is 11.9 Å². The molecule has 100 valence electrons. The molecule has 0 bridgehead atoms. The monoisotopic (exact) mass is 275 g/mol. The molecule has 2 aliphatic heterocycles. The van der Waals surface area contributed by atoms with E-state index in [0.717, 1.165) is 36.9 Å². The summed E-state index contributed by atoms with van der Waals surface area (Å²) in [5.41, 5.74) is 2.31. The van der Waals surface area contributed by atoms with Crippen molar-refractivity contribution in [1.29, 1.82) is 0 Å². The van der Waals surface area contributed by atoms with Crippen LogP contribution in [0.3, 0.4) is 0 Å². The second-order valence-electron chi connectivity index (χ2n) is 5.19. The van der Waals surface area contributed by atoms with Gasteiger partial charge in [0, 0.05) is 26.2 Å². The average molecular weight is 275 g/mol. The van der Waals surface area contributed by atoms with Crippen LogP contribution in [0, 0.1) is 0 Å². The van der Waals surface area contributed by atoms with E-state index in [2.05, 4.69) is 49.3 Å². The van der Waals surface area contributed by atoms with Crippen molar-refractivity contribution in [3.05, 3.63) is 24.3 Å². The molecule has 2 aromatic rings. The van der Waals surface area contributed by atoms with Gasteiger partial charge in [-0.15, -0.1) is 0 Å². The van der Waals surface area contributed by atoms with Crippen LogP contribution in [0.15, 0.2) is 29.4 Å². The number of aromatic nitrogens is 2. The lowest BCUT2D eigenvalue weighted by molar-refractivity contribution is 0.0736. The summed E-state index contributed by atoms with van der Waals surface area (Å²) in [4.78, 5) is 9.56. The Morgan fingerprint density at radius 1 is 1.21 bits per heavy atom. The van der Waals surface area contributed by atoms with Crippen molar-refractivity contribution in [3.8, 4) is 0 Å². The molecule has 5 nitrogen and oxygen atoms in total. The van der Waals surface area contributed by atoms with Gasteiger partial charge in [0.05, 0.1) is 11.0 Å². The van der Waals surface area contributed by atoms with E-state index in [4.69, 9.17) is 0 Å². The van der Waals surface area contributed by atoms with Gasteiger partial charge in [-0.25, -0.2) is 9.71 Å². The molecule has 0 spiro atoms. The Kier molecular flexibility index (Phi) is 2.77. The molecule has 0 amide bonds. The minimum Gasteiger partial charge on any atom is -0.304 e. The summed E-state index contributed by atoms with van der Waals surface area (Å²) in [5, 5.41) is 1.07. The van der Waals surface area contributed by atoms with Crippen LogP contribution in [0.25, 0.3) is 11.0 Å². The summed E-state index contributed by atoms with van der Waals surface area (Å²) >= 11 is 1.64. The topological polar surface area (TPSA) is 36.3 Å².